The summed E-state index contributed by atoms with van der Waals surface area (Å²) < 4.78 is 1.94. The molecule has 1 atom stereocenters. The van der Waals surface area contributed by atoms with Gasteiger partial charge in [0.25, 0.3) is 0 Å². The van der Waals surface area contributed by atoms with Crippen LogP contribution in [0.15, 0.2) is 49.2 Å². The van der Waals surface area contributed by atoms with Crippen LogP contribution in [0.5, 0.6) is 0 Å². The highest BCUT2D eigenvalue weighted by atomic mass is 16.1. The minimum atomic E-state index is 0.120. The SMILES string of the molecule is C=C/C(=C\C=[NH+]CC(C)=O)C(C)CC.C=CC(/C=C\NCC(C)=O)=[N+](C)C. The lowest BCUT2D eigenvalue weighted by molar-refractivity contribution is -0.462. The van der Waals surface area contributed by atoms with Crippen molar-refractivity contribution in [3.05, 3.63) is 49.2 Å². The van der Waals surface area contributed by atoms with Crippen molar-refractivity contribution in [2.75, 3.05) is 27.2 Å². The zero-order chi connectivity index (χ0) is 21.2. The molecule has 0 spiro atoms. The van der Waals surface area contributed by atoms with Crippen LogP contribution in [0.1, 0.15) is 34.1 Å². The summed E-state index contributed by atoms with van der Waals surface area (Å²) in [5, 5.41) is 2.88. The summed E-state index contributed by atoms with van der Waals surface area (Å²) >= 11 is 0. The molecule has 0 heterocycles. The van der Waals surface area contributed by atoms with Gasteiger partial charge in [0, 0.05) is 31.4 Å². The summed E-state index contributed by atoms with van der Waals surface area (Å²) in [6.07, 6.45) is 12.1. The summed E-state index contributed by atoms with van der Waals surface area (Å²) in [7, 11) is 3.87. The number of hydrogen-bond acceptors (Lipinski definition) is 3. The molecule has 0 saturated heterocycles. The summed E-state index contributed by atoms with van der Waals surface area (Å²) in [6.45, 7) is 15.6. The molecule has 0 radical (unpaired) electrons. The topological polar surface area (TPSA) is 63.1 Å². The highest BCUT2D eigenvalue weighted by Crippen LogP contribution is 2.13. The molecule has 0 fully saturated rings. The van der Waals surface area contributed by atoms with Gasteiger partial charge in [-0.3, -0.25) is 9.59 Å². The van der Waals surface area contributed by atoms with Crippen molar-refractivity contribution >= 4 is 23.5 Å². The number of hydrogen-bond donors (Lipinski definition) is 2. The second kappa shape index (κ2) is 16.9. The Bertz CT molecular complexity index is 607. The number of rotatable bonds is 11. The average molecular weight is 376 g/mol. The summed E-state index contributed by atoms with van der Waals surface area (Å²) in [4.78, 5) is 24.1. The predicted molar refractivity (Wildman–Crippen MR) is 115 cm³/mol. The summed E-state index contributed by atoms with van der Waals surface area (Å²) in [5.41, 5.74) is 2.19. The first kappa shape index (κ1) is 26.7. The van der Waals surface area contributed by atoms with Gasteiger partial charge in [0.1, 0.15) is 19.9 Å². The smallest absolute Gasteiger partial charge is 0.200 e. The van der Waals surface area contributed by atoms with E-state index in [0.29, 0.717) is 19.0 Å². The first-order valence-corrected chi connectivity index (χ1v) is 9.14. The van der Waals surface area contributed by atoms with Crippen molar-refractivity contribution in [3.8, 4) is 0 Å². The van der Waals surface area contributed by atoms with E-state index in [4.69, 9.17) is 0 Å². The van der Waals surface area contributed by atoms with E-state index in [-0.39, 0.29) is 11.6 Å². The molecule has 27 heavy (non-hydrogen) atoms. The highest BCUT2D eigenvalue weighted by molar-refractivity contribution is 5.99. The molecule has 0 aromatic carbocycles. The van der Waals surface area contributed by atoms with Gasteiger partial charge in [-0.25, -0.2) is 9.57 Å². The Balaban J connectivity index is 0. The molecule has 0 aromatic heterocycles. The molecule has 1 unspecified atom stereocenters. The Morgan fingerprint density at radius 1 is 1.15 bits per heavy atom. The standard InChI is InChI=1S/C12H19NO.C10H16N2O/c1-5-10(3)12(6-2)7-8-13-9-11(4)14;1-5-10(12(3)4)6-7-11-8-9(2)13/h6-8,10H,2,5,9H2,1,3-4H3;5-7H,1,8H2,2-4H3/p+2/b12-7+,13-8?;. The van der Waals surface area contributed by atoms with Gasteiger partial charge in [-0.1, -0.05) is 33.1 Å². The lowest BCUT2D eigenvalue weighted by Crippen LogP contribution is -2.70. The lowest BCUT2D eigenvalue weighted by atomic mass is 9.98. The Labute approximate surface area is 165 Å². The van der Waals surface area contributed by atoms with Crippen LogP contribution < -0.4 is 10.3 Å². The maximum absolute atomic E-state index is 10.6. The molecule has 0 saturated carbocycles. The van der Waals surface area contributed by atoms with E-state index < -0.39 is 0 Å². The fourth-order valence-electron chi connectivity index (χ4n) is 1.77. The molecular formula is C22H37N3O2+2. The van der Waals surface area contributed by atoms with Gasteiger partial charge in [0.15, 0.2) is 24.3 Å². The van der Waals surface area contributed by atoms with E-state index in [1.165, 1.54) is 5.57 Å². The van der Waals surface area contributed by atoms with Gasteiger partial charge in [0.05, 0.1) is 6.54 Å². The van der Waals surface area contributed by atoms with Gasteiger partial charge < -0.3 is 5.32 Å². The van der Waals surface area contributed by atoms with Crippen molar-refractivity contribution in [1.82, 2.24) is 5.32 Å². The maximum atomic E-state index is 10.6. The molecule has 150 valence electrons. The number of allylic oxidation sites excluding steroid dienone is 5. The summed E-state index contributed by atoms with van der Waals surface area (Å²) in [5.74, 6) is 0.774. The van der Waals surface area contributed by atoms with Crippen LogP contribution in [0.25, 0.3) is 0 Å². The van der Waals surface area contributed by atoms with E-state index in [1.54, 1.807) is 26.1 Å². The number of carbonyl (C=O) groups excluding carboxylic acids is 2. The Morgan fingerprint density at radius 3 is 2.19 bits per heavy atom. The van der Waals surface area contributed by atoms with Gasteiger partial charge in [-0.05, 0) is 24.8 Å². The van der Waals surface area contributed by atoms with E-state index in [9.17, 15) is 9.59 Å². The third kappa shape index (κ3) is 16.6. The van der Waals surface area contributed by atoms with E-state index >= 15 is 0 Å². The maximum Gasteiger partial charge on any atom is 0.200 e. The molecule has 2 N–H and O–H groups in total. The quantitative estimate of drug-likeness (QED) is 0.326. The molecule has 0 rings (SSSR count). The number of nitrogens with one attached hydrogen (secondary N) is 2. The fourth-order valence-corrected chi connectivity index (χ4v) is 1.77. The number of nitrogens with zero attached hydrogens (tertiary/aromatic N) is 1. The van der Waals surface area contributed by atoms with Crippen LogP contribution in [-0.4, -0.2) is 55.3 Å². The molecule has 0 aromatic rings. The number of Topliss-reactive ketones (excluding diaryl/α,β-unsaturated/α-hetero) is 2. The number of carbonyl (C=O) groups is 2. The molecule has 0 aliphatic rings. The monoisotopic (exact) mass is 375 g/mol. The van der Waals surface area contributed by atoms with Crippen LogP contribution in [0.4, 0.5) is 0 Å². The molecular weight excluding hydrogens is 338 g/mol. The zero-order valence-electron chi connectivity index (χ0n) is 17.8. The van der Waals surface area contributed by atoms with Gasteiger partial charge in [-0.2, -0.15) is 0 Å². The van der Waals surface area contributed by atoms with Crippen LogP contribution in [0.3, 0.4) is 0 Å². The minimum Gasteiger partial charge on any atom is -0.384 e. The van der Waals surface area contributed by atoms with Crippen molar-refractivity contribution in [3.63, 3.8) is 0 Å². The molecule has 0 bridgehead atoms. The predicted octanol–water partition coefficient (Wildman–Crippen LogP) is 1.46. The number of ketones is 2. The Morgan fingerprint density at radius 2 is 1.78 bits per heavy atom. The Kier molecular flexibility index (Phi) is 16.7. The van der Waals surface area contributed by atoms with Gasteiger partial charge in [-0.15, -0.1) is 0 Å². The second-order valence-electron chi connectivity index (χ2n) is 6.37. The third-order valence-corrected chi connectivity index (χ3v) is 3.61. The highest BCUT2D eigenvalue weighted by Gasteiger charge is 2.01. The van der Waals surface area contributed by atoms with Gasteiger partial charge >= 0.3 is 0 Å². The minimum absolute atomic E-state index is 0.120. The van der Waals surface area contributed by atoms with E-state index in [1.807, 2.05) is 43.1 Å². The molecule has 0 aliphatic heterocycles. The van der Waals surface area contributed by atoms with Crippen molar-refractivity contribution in [2.24, 2.45) is 5.92 Å². The van der Waals surface area contributed by atoms with Crippen LogP contribution >= 0.6 is 0 Å². The van der Waals surface area contributed by atoms with E-state index in [2.05, 4.69) is 37.3 Å². The molecule has 5 heteroatoms. The molecule has 0 amide bonds. The first-order chi connectivity index (χ1) is 12.7. The van der Waals surface area contributed by atoms with Crippen LogP contribution in [0, 0.1) is 5.92 Å². The fraction of sp³-hybridized carbons (Fsp3) is 0.455. The van der Waals surface area contributed by atoms with Crippen LogP contribution in [-0.2, 0) is 9.59 Å². The van der Waals surface area contributed by atoms with E-state index in [0.717, 1.165) is 12.1 Å². The Hall–Kier alpha value is -2.56. The third-order valence-electron chi connectivity index (χ3n) is 3.61. The first-order valence-electron chi connectivity index (χ1n) is 9.14. The largest absolute Gasteiger partial charge is 0.384 e. The molecule has 5 nitrogen and oxygen atoms in total. The molecule has 0 aliphatic carbocycles. The summed E-state index contributed by atoms with van der Waals surface area (Å²) in [6, 6.07) is 0. The van der Waals surface area contributed by atoms with Crippen LogP contribution in [0.2, 0.25) is 0 Å². The zero-order valence-corrected chi connectivity index (χ0v) is 17.8. The van der Waals surface area contributed by atoms with Crippen molar-refractivity contribution < 1.29 is 19.2 Å². The average Bonchev–Trinajstić information content (AvgIpc) is 2.61. The normalized spacial score (nSPS) is 12.1. The lowest BCUT2D eigenvalue weighted by Gasteiger charge is -2.06. The van der Waals surface area contributed by atoms with Crippen molar-refractivity contribution in [1.29, 1.82) is 0 Å². The van der Waals surface area contributed by atoms with Gasteiger partial charge in [0.2, 0.25) is 0 Å². The second-order valence-corrected chi connectivity index (χ2v) is 6.37. The van der Waals surface area contributed by atoms with Crippen molar-refractivity contribution in [2.45, 2.75) is 34.1 Å².